The molecule has 6 rings (SSSR count). The molecular formula is C33H27Cl2N3O4S. The molecule has 10 heteroatoms. The van der Waals surface area contributed by atoms with Crippen LogP contribution in [0.5, 0.6) is 5.75 Å². The van der Waals surface area contributed by atoms with Crippen molar-refractivity contribution < 1.29 is 14.3 Å². The number of carbonyl (C=O) groups excluding carboxylic acids is 1. The fourth-order valence-corrected chi connectivity index (χ4v) is 6.87. The molecule has 0 aliphatic carbocycles. The van der Waals surface area contributed by atoms with E-state index in [4.69, 9.17) is 37.7 Å². The molecule has 218 valence electrons. The zero-order chi connectivity index (χ0) is 30.2. The van der Waals surface area contributed by atoms with E-state index in [9.17, 15) is 9.59 Å². The molecule has 1 aliphatic rings. The van der Waals surface area contributed by atoms with E-state index in [0.717, 1.165) is 27.7 Å². The van der Waals surface area contributed by atoms with E-state index >= 15 is 0 Å². The SMILES string of the molecule is CCOC(=O)C1=C(C)N=c2sc(=Cc3cc4ccccc4n3Cc3ccc(Cl)cc3Cl)c(=O)n2[C@@H]1c1ccc(OC)cc1. The third-order valence-electron chi connectivity index (χ3n) is 7.41. The van der Waals surface area contributed by atoms with Crippen LogP contribution in [0, 0.1) is 0 Å². The van der Waals surface area contributed by atoms with Gasteiger partial charge in [0.25, 0.3) is 5.56 Å². The number of ether oxygens (including phenoxy) is 2. The number of hydrogen-bond donors (Lipinski definition) is 0. The molecule has 5 aromatic rings. The summed E-state index contributed by atoms with van der Waals surface area (Å²) >= 11 is 14.0. The maximum absolute atomic E-state index is 14.2. The predicted octanol–water partition coefficient (Wildman–Crippen LogP) is 6.12. The number of halogens is 2. The number of thiazole rings is 1. The minimum absolute atomic E-state index is 0.206. The van der Waals surface area contributed by atoms with Gasteiger partial charge in [0.05, 0.1) is 35.6 Å². The van der Waals surface area contributed by atoms with Crippen LogP contribution in [0.15, 0.2) is 93.9 Å². The van der Waals surface area contributed by atoms with Crippen molar-refractivity contribution in [1.82, 2.24) is 9.13 Å². The minimum Gasteiger partial charge on any atom is -0.497 e. The van der Waals surface area contributed by atoms with Gasteiger partial charge < -0.3 is 14.0 Å². The standard InChI is InChI=1S/C33H27Cl2N3O4S/c1-4-42-32(40)29-19(2)36-33-38(30(29)20-10-13-25(41-3)14-11-20)31(39)28(43-33)17-24-15-21-7-5-6-8-27(21)37(24)18-22-9-12-23(34)16-26(22)35/h5-17,30H,4,18H2,1-3H3/t30-/m1/s1. The van der Waals surface area contributed by atoms with E-state index in [2.05, 4.69) is 4.57 Å². The van der Waals surface area contributed by atoms with Crippen LogP contribution in [-0.2, 0) is 16.1 Å². The molecule has 0 fully saturated rings. The number of aromatic nitrogens is 2. The highest BCUT2D eigenvalue weighted by Crippen LogP contribution is 2.32. The lowest BCUT2D eigenvalue weighted by atomic mass is 9.96. The van der Waals surface area contributed by atoms with Crippen LogP contribution in [0.25, 0.3) is 17.0 Å². The number of fused-ring (bicyclic) bond motifs is 2. The van der Waals surface area contributed by atoms with Gasteiger partial charge in [0.15, 0.2) is 4.80 Å². The van der Waals surface area contributed by atoms with Gasteiger partial charge in [-0.15, -0.1) is 0 Å². The number of nitrogens with zero attached hydrogens (tertiary/aromatic N) is 3. The molecule has 0 N–H and O–H groups in total. The Morgan fingerprint density at radius 2 is 1.84 bits per heavy atom. The first kappa shape index (κ1) is 29.0. The second kappa shape index (κ2) is 11.9. The van der Waals surface area contributed by atoms with Crippen LogP contribution in [0.1, 0.15) is 36.7 Å². The van der Waals surface area contributed by atoms with Crippen molar-refractivity contribution in [3.63, 3.8) is 0 Å². The maximum atomic E-state index is 14.2. The van der Waals surface area contributed by atoms with Gasteiger partial charge in [-0.1, -0.05) is 70.9 Å². The van der Waals surface area contributed by atoms with Crippen LogP contribution >= 0.6 is 34.5 Å². The van der Waals surface area contributed by atoms with Crippen molar-refractivity contribution in [2.75, 3.05) is 13.7 Å². The molecule has 0 saturated heterocycles. The summed E-state index contributed by atoms with van der Waals surface area (Å²) < 4.78 is 14.9. The van der Waals surface area contributed by atoms with Gasteiger partial charge in [0.1, 0.15) is 5.75 Å². The molecule has 3 heterocycles. The molecule has 0 unspecified atom stereocenters. The zero-order valence-corrected chi connectivity index (χ0v) is 26.0. The molecule has 0 bridgehead atoms. The second-order valence-electron chi connectivity index (χ2n) is 10.0. The summed E-state index contributed by atoms with van der Waals surface area (Å²) in [5.74, 6) is 0.169. The van der Waals surface area contributed by atoms with Crippen LogP contribution in [0.2, 0.25) is 10.0 Å². The Morgan fingerprint density at radius 3 is 2.56 bits per heavy atom. The number of hydrogen-bond acceptors (Lipinski definition) is 6. The summed E-state index contributed by atoms with van der Waals surface area (Å²) in [6, 6.07) is 22.2. The Hall–Kier alpha value is -4.11. The van der Waals surface area contributed by atoms with Crippen LogP contribution in [-0.4, -0.2) is 28.8 Å². The Kier molecular flexibility index (Phi) is 8.01. The van der Waals surface area contributed by atoms with Crippen molar-refractivity contribution in [1.29, 1.82) is 0 Å². The van der Waals surface area contributed by atoms with Crippen molar-refractivity contribution in [2.45, 2.75) is 26.4 Å². The second-order valence-corrected chi connectivity index (χ2v) is 11.9. The number of para-hydroxylation sites is 1. The van der Waals surface area contributed by atoms with Gasteiger partial charge in [-0.2, -0.15) is 0 Å². The Labute approximate surface area is 261 Å². The highest BCUT2D eigenvalue weighted by molar-refractivity contribution is 7.07. The average Bonchev–Trinajstić information content (AvgIpc) is 3.49. The van der Waals surface area contributed by atoms with Crippen LogP contribution < -0.4 is 19.6 Å². The Bertz CT molecular complexity index is 2090. The van der Waals surface area contributed by atoms with Crippen molar-refractivity contribution in [3.05, 3.63) is 131 Å². The van der Waals surface area contributed by atoms with E-state index in [0.29, 0.717) is 42.9 Å². The highest BCUT2D eigenvalue weighted by atomic mass is 35.5. The first-order valence-corrected chi connectivity index (χ1v) is 15.2. The lowest BCUT2D eigenvalue weighted by Crippen LogP contribution is -2.40. The largest absolute Gasteiger partial charge is 0.497 e. The van der Waals surface area contributed by atoms with Gasteiger partial charge in [0, 0.05) is 33.2 Å². The molecule has 1 atom stereocenters. The third kappa shape index (κ3) is 5.42. The van der Waals surface area contributed by atoms with Crippen LogP contribution in [0.4, 0.5) is 0 Å². The summed E-state index contributed by atoms with van der Waals surface area (Å²) in [7, 11) is 1.59. The molecule has 3 aromatic carbocycles. The third-order valence-corrected chi connectivity index (χ3v) is 8.98. The smallest absolute Gasteiger partial charge is 0.338 e. The van der Waals surface area contributed by atoms with Crippen molar-refractivity contribution in [2.24, 2.45) is 4.99 Å². The highest BCUT2D eigenvalue weighted by Gasteiger charge is 2.33. The fourth-order valence-electron chi connectivity index (χ4n) is 5.38. The van der Waals surface area contributed by atoms with E-state index in [1.807, 2.05) is 72.8 Å². The fraction of sp³-hybridized carbons (Fsp3) is 0.182. The molecule has 0 spiro atoms. The van der Waals surface area contributed by atoms with Gasteiger partial charge in [0.2, 0.25) is 0 Å². The number of allylic oxidation sites excluding steroid dienone is 1. The van der Waals surface area contributed by atoms with Gasteiger partial charge >= 0.3 is 5.97 Å². The predicted molar refractivity (Wildman–Crippen MR) is 171 cm³/mol. The number of esters is 1. The maximum Gasteiger partial charge on any atom is 0.338 e. The normalized spacial score (nSPS) is 15.0. The first-order chi connectivity index (χ1) is 20.8. The van der Waals surface area contributed by atoms with E-state index in [1.165, 1.54) is 11.3 Å². The summed E-state index contributed by atoms with van der Waals surface area (Å²) in [4.78, 5) is 32.6. The monoisotopic (exact) mass is 631 g/mol. The number of carbonyl (C=O) groups is 1. The topological polar surface area (TPSA) is 74.8 Å². The van der Waals surface area contributed by atoms with E-state index in [-0.39, 0.29) is 12.2 Å². The molecule has 0 amide bonds. The average molecular weight is 633 g/mol. The lowest BCUT2D eigenvalue weighted by Gasteiger charge is -2.24. The molecule has 0 radical (unpaired) electrons. The van der Waals surface area contributed by atoms with Crippen molar-refractivity contribution >= 4 is 57.5 Å². The van der Waals surface area contributed by atoms with Gasteiger partial charge in [-0.3, -0.25) is 9.36 Å². The summed E-state index contributed by atoms with van der Waals surface area (Å²) in [5.41, 5.74) is 4.08. The molecular weight excluding hydrogens is 605 g/mol. The van der Waals surface area contributed by atoms with Crippen molar-refractivity contribution in [3.8, 4) is 5.75 Å². The summed E-state index contributed by atoms with van der Waals surface area (Å²) in [6.07, 6.45) is 1.88. The lowest BCUT2D eigenvalue weighted by molar-refractivity contribution is -0.139. The Morgan fingerprint density at radius 1 is 1.07 bits per heavy atom. The molecule has 2 aromatic heterocycles. The zero-order valence-electron chi connectivity index (χ0n) is 23.6. The van der Waals surface area contributed by atoms with E-state index in [1.54, 1.807) is 31.6 Å². The summed E-state index contributed by atoms with van der Waals surface area (Å²) in [6.45, 7) is 4.21. The molecule has 0 saturated carbocycles. The number of rotatable bonds is 7. The summed E-state index contributed by atoms with van der Waals surface area (Å²) in [5, 5.41) is 2.16. The number of benzene rings is 3. The molecule has 43 heavy (non-hydrogen) atoms. The first-order valence-electron chi connectivity index (χ1n) is 13.6. The van der Waals surface area contributed by atoms with Crippen LogP contribution in [0.3, 0.4) is 0 Å². The van der Waals surface area contributed by atoms with E-state index < -0.39 is 12.0 Å². The van der Waals surface area contributed by atoms with Gasteiger partial charge in [-0.25, -0.2) is 9.79 Å². The Balaban J connectivity index is 1.54. The minimum atomic E-state index is -0.706. The quantitative estimate of drug-likeness (QED) is 0.203. The molecule has 1 aliphatic heterocycles. The molecule has 7 nitrogen and oxygen atoms in total. The van der Waals surface area contributed by atoms with Gasteiger partial charge in [-0.05, 0) is 67.4 Å². The number of methoxy groups -OCH3 is 1.